The molecule has 1 aromatic carbocycles. The third-order valence-electron chi connectivity index (χ3n) is 4.93. The molecule has 1 unspecified atom stereocenters. The van der Waals surface area contributed by atoms with E-state index in [-0.39, 0.29) is 5.91 Å². The van der Waals surface area contributed by atoms with E-state index in [1.54, 1.807) is 16.8 Å². The zero-order valence-corrected chi connectivity index (χ0v) is 17.6. The van der Waals surface area contributed by atoms with Gasteiger partial charge in [0.25, 0.3) is 5.91 Å². The Bertz CT molecular complexity index is 1060. The fraction of sp³-hybridized carbons (Fsp3) is 0.364. The summed E-state index contributed by atoms with van der Waals surface area (Å²) in [5.41, 5.74) is 2.22. The van der Waals surface area contributed by atoms with Gasteiger partial charge in [-0.05, 0) is 31.5 Å². The number of aryl methyl sites for hydroxylation is 1. The maximum Gasteiger partial charge on any atom is 0.276 e. The molecule has 4 rings (SSSR count). The van der Waals surface area contributed by atoms with Crippen LogP contribution in [0.3, 0.4) is 0 Å². The van der Waals surface area contributed by atoms with Gasteiger partial charge >= 0.3 is 0 Å². The van der Waals surface area contributed by atoms with Crippen LogP contribution in [0.25, 0.3) is 5.70 Å². The van der Waals surface area contributed by atoms with Crippen molar-refractivity contribution in [2.75, 3.05) is 5.75 Å². The first-order chi connectivity index (χ1) is 14.2. The van der Waals surface area contributed by atoms with E-state index >= 15 is 0 Å². The van der Waals surface area contributed by atoms with Gasteiger partial charge in [-0.15, -0.1) is 5.10 Å². The van der Waals surface area contributed by atoms with E-state index in [0.29, 0.717) is 10.9 Å². The van der Waals surface area contributed by atoms with Crippen LogP contribution in [0.1, 0.15) is 50.2 Å². The van der Waals surface area contributed by atoms with Crippen LogP contribution in [-0.2, 0) is 4.79 Å². The number of carbonyl (C=O) groups is 1. The summed E-state index contributed by atoms with van der Waals surface area (Å²) in [5.74, 6) is 0.791. The van der Waals surface area contributed by atoms with E-state index in [1.165, 1.54) is 19.3 Å². The lowest BCUT2D eigenvalue weighted by atomic mass is 10.1. The van der Waals surface area contributed by atoms with Gasteiger partial charge in [-0.3, -0.25) is 20.1 Å². The predicted molar refractivity (Wildman–Crippen MR) is 116 cm³/mol. The molecule has 0 aliphatic carbocycles. The highest BCUT2D eigenvalue weighted by Crippen LogP contribution is 2.29. The molecular formula is C22H25N5OS. The van der Waals surface area contributed by atoms with Crippen molar-refractivity contribution < 1.29 is 4.79 Å². The zero-order valence-electron chi connectivity index (χ0n) is 16.8. The minimum Gasteiger partial charge on any atom is -0.298 e. The number of rotatable bonds is 6. The summed E-state index contributed by atoms with van der Waals surface area (Å²) in [6.07, 6.45) is 4.30. The van der Waals surface area contributed by atoms with Gasteiger partial charge in [-0.1, -0.05) is 62.2 Å². The third-order valence-corrected chi connectivity index (χ3v) is 5.88. The maximum absolute atomic E-state index is 13.0. The van der Waals surface area contributed by atoms with Crippen LogP contribution in [0.15, 0.2) is 52.6 Å². The lowest BCUT2D eigenvalue weighted by Crippen LogP contribution is -2.50. The van der Waals surface area contributed by atoms with Gasteiger partial charge in [-0.2, -0.15) is 0 Å². The molecule has 0 radical (unpaired) electrons. The van der Waals surface area contributed by atoms with Crippen molar-refractivity contribution in [1.29, 1.82) is 0 Å². The van der Waals surface area contributed by atoms with Crippen molar-refractivity contribution in [3.05, 3.63) is 64.4 Å². The average Bonchev–Trinajstić information content (AvgIpc) is 2.73. The van der Waals surface area contributed by atoms with E-state index in [0.717, 1.165) is 34.1 Å². The monoisotopic (exact) mass is 407 g/mol. The quantitative estimate of drug-likeness (QED) is 0.748. The second-order valence-corrected chi connectivity index (χ2v) is 8.27. The molecule has 29 heavy (non-hydrogen) atoms. The van der Waals surface area contributed by atoms with Gasteiger partial charge in [0.05, 0.1) is 11.1 Å². The number of nitrogens with one attached hydrogen (secondary N) is 1. The first kappa shape index (κ1) is 19.6. The normalized spacial score (nSPS) is 17.8. The molecule has 0 spiro atoms. The van der Waals surface area contributed by atoms with E-state index in [1.807, 2.05) is 49.4 Å². The number of benzene rings is 1. The lowest BCUT2D eigenvalue weighted by molar-refractivity contribution is -0.116. The number of pyridine rings is 1. The van der Waals surface area contributed by atoms with Crippen molar-refractivity contribution in [3.63, 3.8) is 0 Å². The Balaban J connectivity index is 1.71. The van der Waals surface area contributed by atoms with Gasteiger partial charge in [0.15, 0.2) is 11.3 Å². The number of hydrogen-bond acceptors (Lipinski definition) is 6. The summed E-state index contributed by atoms with van der Waals surface area (Å²) in [5, 5.41) is 11.7. The summed E-state index contributed by atoms with van der Waals surface area (Å²) in [6.45, 7) is 4.15. The second-order valence-electron chi connectivity index (χ2n) is 7.19. The Hall–Kier alpha value is -2.67. The van der Waals surface area contributed by atoms with Crippen molar-refractivity contribution >= 4 is 28.5 Å². The Labute approximate surface area is 174 Å². The molecule has 2 aliphatic rings. The fourth-order valence-electron chi connectivity index (χ4n) is 3.49. The van der Waals surface area contributed by atoms with Gasteiger partial charge in [-0.25, -0.2) is 5.01 Å². The molecule has 2 aromatic rings. The largest absolute Gasteiger partial charge is 0.298 e. The number of unbranched alkanes of at least 4 members (excludes halogenated alkanes) is 3. The summed E-state index contributed by atoms with van der Waals surface area (Å²) >= 11 is 1.59. The minimum absolute atomic E-state index is 0.143. The van der Waals surface area contributed by atoms with Crippen molar-refractivity contribution in [3.8, 4) is 0 Å². The molecule has 150 valence electrons. The lowest BCUT2D eigenvalue weighted by Gasteiger charge is -2.33. The van der Waals surface area contributed by atoms with Crippen molar-refractivity contribution in [2.45, 2.75) is 45.7 Å². The molecule has 0 saturated carbocycles. The number of thioether (sulfide) groups is 1. The summed E-state index contributed by atoms with van der Waals surface area (Å²) in [7, 11) is 0. The Morgan fingerprint density at radius 2 is 1.97 bits per heavy atom. The van der Waals surface area contributed by atoms with Crippen LogP contribution < -0.4 is 15.9 Å². The Morgan fingerprint density at radius 3 is 2.79 bits per heavy atom. The number of hydrazone groups is 1. The molecule has 2 aliphatic heterocycles. The minimum atomic E-state index is -0.457. The molecule has 1 N–H and O–H groups in total. The number of fused-ring (bicyclic) bond motifs is 2. The van der Waals surface area contributed by atoms with Crippen molar-refractivity contribution in [1.82, 2.24) is 15.3 Å². The number of aromatic nitrogens is 1. The van der Waals surface area contributed by atoms with Crippen LogP contribution in [-0.4, -0.2) is 26.8 Å². The molecule has 1 atom stereocenters. The fourth-order valence-corrected chi connectivity index (χ4v) is 4.34. The molecule has 7 heteroatoms. The first-order valence-corrected chi connectivity index (χ1v) is 11.1. The van der Waals surface area contributed by atoms with Gasteiger partial charge in [0.1, 0.15) is 5.70 Å². The van der Waals surface area contributed by atoms with E-state index in [2.05, 4.69) is 17.2 Å². The average molecular weight is 408 g/mol. The number of carbonyl (C=O) groups excluding carboxylic acids is 1. The Kier molecular flexibility index (Phi) is 5.94. The smallest absolute Gasteiger partial charge is 0.276 e. The number of amides is 1. The number of para-hydroxylation sites is 1. The summed E-state index contributed by atoms with van der Waals surface area (Å²) in [4.78, 5) is 22.6. The highest BCUT2D eigenvalue weighted by molar-refractivity contribution is 8.13. The molecule has 1 aromatic heterocycles. The number of amidine groups is 1. The molecule has 3 heterocycles. The highest BCUT2D eigenvalue weighted by Gasteiger charge is 2.34. The van der Waals surface area contributed by atoms with Crippen LogP contribution >= 0.6 is 11.8 Å². The SMILES string of the molecule is CCCCCCSC1=NN2C(=c3ccccc3=NC2c2cccc(C)n2)C(=O)N1. The van der Waals surface area contributed by atoms with Gasteiger partial charge in [0, 0.05) is 16.7 Å². The molecule has 0 saturated heterocycles. The standard InChI is InChI=1S/C22H25N5OS/c1-3-4-5-8-14-29-22-25-21(28)19-16-11-6-7-12-17(16)24-20(27(19)26-22)18-13-9-10-15(2)23-18/h6-7,9-13,20H,3-5,8,14H2,1-2H3,(H,25,26,28). The first-order valence-electron chi connectivity index (χ1n) is 10.1. The van der Waals surface area contributed by atoms with E-state index < -0.39 is 6.17 Å². The topological polar surface area (TPSA) is 70.0 Å². The number of nitrogens with zero attached hydrogens (tertiary/aromatic N) is 4. The number of hydrogen-bond donors (Lipinski definition) is 1. The maximum atomic E-state index is 13.0. The highest BCUT2D eigenvalue weighted by atomic mass is 32.2. The van der Waals surface area contributed by atoms with Crippen LogP contribution in [0.4, 0.5) is 0 Å². The van der Waals surface area contributed by atoms with Crippen LogP contribution in [0, 0.1) is 6.92 Å². The Morgan fingerprint density at radius 1 is 1.10 bits per heavy atom. The van der Waals surface area contributed by atoms with E-state index in [4.69, 9.17) is 10.1 Å². The van der Waals surface area contributed by atoms with E-state index in [9.17, 15) is 4.79 Å². The molecular weight excluding hydrogens is 382 g/mol. The zero-order chi connectivity index (χ0) is 20.2. The second kappa shape index (κ2) is 8.78. The van der Waals surface area contributed by atoms with Crippen molar-refractivity contribution in [2.24, 2.45) is 10.1 Å². The molecule has 0 fully saturated rings. The molecule has 6 nitrogen and oxygen atoms in total. The predicted octanol–water partition coefficient (Wildman–Crippen LogP) is 2.85. The van der Waals surface area contributed by atoms with Gasteiger partial charge < -0.3 is 0 Å². The molecule has 0 bridgehead atoms. The van der Waals surface area contributed by atoms with Gasteiger partial charge in [0.2, 0.25) is 0 Å². The van der Waals surface area contributed by atoms with Crippen LogP contribution in [0.2, 0.25) is 0 Å². The summed E-state index contributed by atoms with van der Waals surface area (Å²) in [6, 6.07) is 13.5. The van der Waals surface area contributed by atoms with Crippen LogP contribution in [0.5, 0.6) is 0 Å². The summed E-state index contributed by atoms with van der Waals surface area (Å²) < 4.78 is 0. The third kappa shape index (κ3) is 4.19. The molecule has 1 amide bonds.